The second-order valence-corrected chi connectivity index (χ2v) is 9.06. The monoisotopic (exact) mass is 449 g/mol. The fraction of sp³-hybridized carbons (Fsp3) is 0.423. The number of carbonyl (C=O) groups excluding carboxylic acids is 3. The summed E-state index contributed by atoms with van der Waals surface area (Å²) in [6.07, 6.45) is 2.59. The molecule has 0 aromatic heterocycles. The van der Waals surface area contributed by atoms with Gasteiger partial charge in [0.2, 0.25) is 11.8 Å². The number of nitrogens with one attached hydrogen (secondary N) is 1. The summed E-state index contributed by atoms with van der Waals surface area (Å²) in [5.41, 5.74) is 2.73. The summed E-state index contributed by atoms with van der Waals surface area (Å²) in [5, 5.41) is 2.94. The van der Waals surface area contributed by atoms with Crippen LogP contribution in [0.25, 0.3) is 0 Å². The number of rotatable bonds is 6. The average molecular weight is 450 g/mol. The lowest BCUT2D eigenvalue weighted by molar-refractivity contribution is -0.122. The largest absolute Gasteiger partial charge is 0.465 e. The molecule has 2 aliphatic heterocycles. The van der Waals surface area contributed by atoms with Crippen molar-refractivity contribution in [1.29, 1.82) is 0 Å². The van der Waals surface area contributed by atoms with Crippen LogP contribution in [0.1, 0.15) is 42.1 Å². The first-order valence-corrected chi connectivity index (χ1v) is 11.5. The van der Waals surface area contributed by atoms with Gasteiger partial charge in [0.15, 0.2) is 0 Å². The highest BCUT2D eigenvalue weighted by Crippen LogP contribution is 2.29. The van der Waals surface area contributed by atoms with Crippen LogP contribution in [0.15, 0.2) is 48.5 Å². The molecule has 0 bridgehead atoms. The zero-order chi connectivity index (χ0) is 23.4. The molecular weight excluding hydrogens is 418 g/mol. The fourth-order valence-corrected chi connectivity index (χ4v) is 4.52. The number of carbonyl (C=O) groups is 3. The number of likely N-dealkylation sites (tertiary alicyclic amines) is 1. The van der Waals surface area contributed by atoms with E-state index in [0.29, 0.717) is 11.3 Å². The van der Waals surface area contributed by atoms with Crippen LogP contribution in [0.3, 0.4) is 0 Å². The zero-order valence-corrected chi connectivity index (χ0v) is 19.3. The van der Waals surface area contributed by atoms with Gasteiger partial charge in [0.1, 0.15) is 0 Å². The Labute approximate surface area is 194 Å². The lowest BCUT2D eigenvalue weighted by atomic mass is 9.99. The van der Waals surface area contributed by atoms with E-state index in [1.54, 1.807) is 24.3 Å². The normalized spacial score (nSPS) is 19.5. The standard InChI is InChI=1S/C26H31N3O4/c1-18-11-13-28(14-12-18)16-19-7-9-21(10-8-19)27-25(31)20-15-24(30)29(17-20)23-6-4-3-5-22(23)26(32)33-2/h3-10,18,20H,11-17H2,1-2H3,(H,27,31). The molecule has 7 nitrogen and oxygen atoms in total. The van der Waals surface area contributed by atoms with Gasteiger partial charge < -0.3 is 15.0 Å². The number of para-hydroxylation sites is 1. The molecule has 0 radical (unpaired) electrons. The molecule has 1 unspecified atom stereocenters. The van der Waals surface area contributed by atoms with Gasteiger partial charge in [0, 0.05) is 25.2 Å². The van der Waals surface area contributed by atoms with Crippen LogP contribution < -0.4 is 10.2 Å². The molecule has 2 aromatic carbocycles. The van der Waals surface area contributed by atoms with Gasteiger partial charge in [-0.05, 0) is 61.7 Å². The van der Waals surface area contributed by atoms with E-state index in [2.05, 4.69) is 17.1 Å². The van der Waals surface area contributed by atoms with Gasteiger partial charge in [-0.2, -0.15) is 0 Å². The number of piperidine rings is 1. The molecule has 1 N–H and O–H groups in total. The third-order valence-corrected chi connectivity index (χ3v) is 6.60. The van der Waals surface area contributed by atoms with Crippen molar-refractivity contribution in [2.75, 3.05) is 37.0 Å². The van der Waals surface area contributed by atoms with Crippen LogP contribution in [0, 0.1) is 11.8 Å². The van der Waals surface area contributed by atoms with E-state index in [9.17, 15) is 14.4 Å². The van der Waals surface area contributed by atoms with Gasteiger partial charge in [0.05, 0.1) is 24.3 Å². The Bertz CT molecular complexity index is 1010. The summed E-state index contributed by atoms with van der Waals surface area (Å²) >= 11 is 0. The first-order chi connectivity index (χ1) is 15.9. The Hall–Kier alpha value is -3.19. The van der Waals surface area contributed by atoms with Crippen molar-refractivity contribution in [2.45, 2.75) is 32.7 Å². The van der Waals surface area contributed by atoms with E-state index in [-0.39, 0.29) is 24.8 Å². The summed E-state index contributed by atoms with van der Waals surface area (Å²) < 4.78 is 4.83. The highest BCUT2D eigenvalue weighted by atomic mass is 16.5. The van der Waals surface area contributed by atoms with Crippen molar-refractivity contribution >= 4 is 29.2 Å². The second-order valence-electron chi connectivity index (χ2n) is 9.06. The maximum atomic E-state index is 12.9. The molecular formula is C26H31N3O4. The van der Waals surface area contributed by atoms with Gasteiger partial charge in [-0.15, -0.1) is 0 Å². The maximum absolute atomic E-state index is 12.9. The number of amides is 2. The van der Waals surface area contributed by atoms with E-state index < -0.39 is 11.9 Å². The number of hydrogen-bond acceptors (Lipinski definition) is 5. The van der Waals surface area contributed by atoms with E-state index in [1.165, 1.54) is 30.4 Å². The molecule has 174 valence electrons. The molecule has 4 rings (SSSR count). The Kier molecular flexibility index (Phi) is 7.08. The Balaban J connectivity index is 1.36. The number of methoxy groups -OCH3 is 1. The molecule has 33 heavy (non-hydrogen) atoms. The van der Waals surface area contributed by atoms with Crippen LogP contribution in [0.5, 0.6) is 0 Å². The van der Waals surface area contributed by atoms with Gasteiger partial charge in [-0.25, -0.2) is 4.79 Å². The van der Waals surface area contributed by atoms with E-state index in [0.717, 1.165) is 31.2 Å². The quantitative estimate of drug-likeness (QED) is 0.681. The van der Waals surface area contributed by atoms with Crippen LogP contribution in [-0.4, -0.2) is 49.4 Å². The number of ether oxygens (including phenoxy) is 1. The molecule has 0 saturated carbocycles. The summed E-state index contributed by atoms with van der Waals surface area (Å²) in [6, 6.07) is 14.7. The Morgan fingerprint density at radius 2 is 1.76 bits per heavy atom. The topological polar surface area (TPSA) is 79.0 Å². The van der Waals surface area contributed by atoms with Crippen molar-refractivity contribution in [3.63, 3.8) is 0 Å². The van der Waals surface area contributed by atoms with Crippen molar-refractivity contribution in [3.05, 3.63) is 59.7 Å². The molecule has 0 aliphatic carbocycles. The Morgan fingerprint density at radius 3 is 2.45 bits per heavy atom. The van der Waals surface area contributed by atoms with Gasteiger partial charge in [0.25, 0.3) is 0 Å². The molecule has 7 heteroatoms. The second kappa shape index (κ2) is 10.2. The first-order valence-electron chi connectivity index (χ1n) is 11.5. The molecule has 2 amide bonds. The van der Waals surface area contributed by atoms with E-state index in [4.69, 9.17) is 4.74 Å². The predicted molar refractivity (Wildman–Crippen MR) is 127 cm³/mol. The lowest BCUT2D eigenvalue weighted by Crippen LogP contribution is -2.32. The smallest absolute Gasteiger partial charge is 0.339 e. The summed E-state index contributed by atoms with van der Waals surface area (Å²) in [4.78, 5) is 41.6. The van der Waals surface area contributed by atoms with Gasteiger partial charge in [-0.3, -0.25) is 14.5 Å². The highest BCUT2D eigenvalue weighted by Gasteiger charge is 2.36. The molecule has 2 heterocycles. The van der Waals surface area contributed by atoms with Gasteiger partial charge >= 0.3 is 5.97 Å². The number of nitrogens with zero attached hydrogens (tertiary/aromatic N) is 2. The summed E-state index contributed by atoms with van der Waals surface area (Å²) in [6.45, 7) is 5.72. The minimum absolute atomic E-state index is 0.104. The van der Waals surface area contributed by atoms with Crippen molar-refractivity contribution in [3.8, 4) is 0 Å². The van der Waals surface area contributed by atoms with Crippen LogP contribution >= 0.6 is 0 Å². The van der Waals surface area contributed by atoms with Crippen molar-refractivity contribution < 1.29 is 19.1 Å². The fourth-order valence-electron chi connectivity index (χ4n) is 4.52. The minimum Gasteiger partial charge on any atom is -0.465 e. The van der Waals surface area contributed by atoms with Crippen LogP contribution in [0.2, 0.25) is 0 Å². The van der Waals surface area contributed by atoms with Crippen molar-refractivity contribution in [1.82, 2.24) is 4.90 Å². The minimum atomic E-state index is -0.509. The maximum Gasteiger partial charge on any atom is 0.339 e. The molecule has 2 saturated heterocycles. The van der Waals surface area contributed by atoms with E-state index in [1.807, 2.05) is 24.3 Å². The SMILES string of the molecule is COC(=O)c1ccccc1N1CC(C(=O)Nc2ccc(CN3CCC(C)CC3)cc2)CC1=O. The summed E-state index contributed by atoms with van der Waals surface area (Å²) in [7, 11) is 1.31. The number of esters is 1. The molecule has 0 spiro atoms. The third-order valence-electron chi connectivity index (χ3n) is 6.60. The first kappa shape index (κ1) is 23.0. The van der Waals surface area contributed by atoms with Crippen LogP contribution in [-0.2, 0) is 20.9 Å². The Morgan fingerprint density at radius 1 is 1.06 bits per heavy atom. The van der Waals surface area contributed by atoms with E-state index >= 15 is 0 Å². The molecule has 2 fully saturated rings. The van der Waals surface area contributed by atoms with Crippen LogP contribution in [0.4, 0.5) is 11.4 Å². The highest BCUT2D eigenvalue weighted by molar-refractivity contribution is 6.07. The number of benzene rings is 2. The van der Waals surface area contributed by atoms with Gasteiger partial charge in [-0.1, -0.05) is 31.2 Å². The molecule has 2 aliphatic rings. The summed E-state index contributed by atoms with van der Waals surface area (Å²) in [5.74, 6) is -0.563. The number of hydrogen-bond donors (Lipinski definition) is 1. The number of anilines is 2. The average Bonchev–Trinajstić information content (AvgIpc) is 3.23. The predicted octanol–water partition coefficient (Wildman–Crippen LogP) is 3.70. The zero-order valence-electron chi connectivity index (χ0n) is 19.3. The van der Waals surface area contributed by atoms with Crippen molar-refractivity contribution in [2.24, 2.45) is 11.8 Å². The third kappa shape index (κ3) is 5.42. The molecule has 1 atom stereocenters. The molecule has 2 aromatic rings. The lowest BCUT2D eigenvalue weighted by Gasteiger charge is -2.30.